The van der Waals surface area contributed by atoms with Crippen LogP contribution in [-0.2, 0) is 29.4 Å². The predicted molar refractivity (Wildman–Crippen MR) is 112 cm³/mol. The van der Waals surface area contributed by atoms with Crippen LogP contribution in [0.15, 0.2) is 23.1 Å². The van der Waals surface area contributed by atoms with Crippen LogP contribution in [0.2, 0.25) is 0 Å². The van der Waals surface area contributed by atoms with Gasteiger partial charge in [-0.15, -0.1) is 0 Å². The van der Waals surface area contributed by atoms with Gasteiger partial charge in [0, 0.05) is 6.92 Å². The lowest BCUT2D eigenvalue weighted by Crippen LogP contribution is -2.53. The van der Waals surface area contributed by atoms with Gasteiger partial charge in [0.15, 0.2) is 9.84 Å². The second kappa shape index (κ2) is 9.05. The first kappa shape index (κ1) is 25.0. The summed E-state index contributed by atoms with van der Waals surface area (Å²) in [5, 5.41) is 4.68. The zero-order valence-corrected chi connectivity index (χ0v) is 19.5. The number of hydrogen-bond donors (Lipinski definition) is 3. The normalized spacial score (nSPS) is 21.1. The molecule has 0 radical (unpaired) electrons. The molecule has 1 aliphatic rings. The van der Waals surface area contributed by atoms with Crippen molar-refractivity contribution in [1.82, 2.24) is 10.0 Å². The van der Waals surface area contributed by atoms with Crippen LogP contribution in [0.5, 0.6) is 5.75 Å². The summed E-state index contributed by atoms with van der Waals surface area (Å²) in [4.78, 5) is 23.0. The Balaban J connectivity index is 2.32. The summed E-state index contributed by atoms with van der Waals surface area (Å²) < 4.78 is 54.6. The number of sulfonamides is 1. The molecule has 2 atom stereocenters. The Kier molecular flexibility index (Phi) is 7.53. The average Bonchev–Trinajstić information content (AvgIpc) is 2.86. The van der Waals surface area contributed by atoms with E-state index in [1.54, 1.807) is 0 Å². The Hall–Kier alpha value is -1.31. The van der Waals surface area contributed by atoms with Crippen molar-refractivity contribution in [3.8, 4) is 5.75 Å². The lowest BCUT2D eigenvalue weighted by molar-refractivity contribution is -0.121. The van der Waals surface area contributed by atoms with Crippen molar-refractivity contribution >= 4 is 72.2 Å². The molecule has 15 heteroatoms. The highest BCUT2D eigenvalue weighted by Crippen LogP contribution is 2.29. The van der Waals surface area contributed by atoms with Crippen LogP contribution in [0.3, 0.4) is 0 Å². The Morgan fingerprint density at radius 1 is 1.17 bits per heavy atom. The molecule has 3 N–H and O–H groups in total. The molecule has 30 heavy (non-hydrogen) atoms. The molecule has 1 heterocycles. The number of benzene rings is 1. The van der Waals surface area contributed by atoms with Gasteiger partial charge < -0.3 is 15.4 Å². The van der Waals surface area contributed by atoms with Crippen LogP contribution in [0.25, 0.3) is 0 Å². The summed E-state index contributed by atoms with van der Waals surface area (Å²) in [5.74, 6) is -2.41. The molecule has 0 aliphatic carbocycles. The van der Waals surface area contributed by atoms with Crippen molar-refractivity contribution in [2.24, 2.45) is 0 Å². The van der Waals surface area contributed by atoms with Gasteiger partial charge in [0.1, 0.15) is 5.75 Å². The predicted octanol–water partition coefficient (Wildman–Crippen LogP) is 0.584. The fraction of sp³-hybridized carbons (Fsp3) is 0.467. The van der Waals surface area contributed by atoms with Gasteiger partial charge in [-0.1, -0.05) is 34.8 Å². The zero-order chi connectivity index (χ0) is 22.9. The van der Waals surface area contributed by atoms with E-state index in [4.69, 9.17) is 39.5 Å². The smallest absolute Gasteiger partial charge is 0.272 e. The molecule has 0 aromatic heterocycles. The average molecular weight is 523 g/mol. The molecule has 1 aromatic carbocycles. The van der Waals surface area contributed by atoms with Gasteiger partial charge >= 0.3 is 0 Å². The molecule has 10 nitrogen and oxygen atoms in total. The maximum atomic E-state index is 12.8. The third-order valence-electron chi connectivity index (χ3n) is 4.03. The van der Waals surface area contributed by atoms with Crippen molar-refractivity contribution in [2.75, 3.05) is 23.9 Å². The van der Waals surface area contributed by atoms with E-state index in [2.05, 4.69) is 15.4 Å². The van der Waals surface area contributed by atoms with Crippen molar-refractivity contribution < 1.29 is 31.2 Å². The van der Waals surface area contributed by atoms with Gasteiger partial charge in [0.2, 0.25) is 15.9 Å². The molecule has 0 unspecified atom stereocenters. The monoisotopic (exact) mass is 521 g/mol. The zero-order valence-electron chi connectivity index (χ0n) is 15.6. The van der Waals surface area contributed by atoms with E-state index in [9.17, 15) is 26.4 Å². The highest BCUT2D eigenvalue weighted by atomic mass is 35.6. The van der Waals surface area contributed by atoms with Gasteiger partial charge in [-0.05, 0) is 18.2 Å². The van der Waals surface area contributed by atoms with Crippen LogP contribution in [-0.4, -0.2) is 63.1 Å². The van der Waals surface area contributed by atoms with Crippen LogP contribution >= 0.6 is 34.8 Å². The molecule has 2 amide bonds. The van der Waals surface area contributed by atoms with E-state index < -0.39 is 59.1 Å². The Morgan fingerprint density at radius 2 is 1.77 bits per heavy atom. The maximum absolute atomic E-state index is 12.8. The minimum Gasteiger partial charge on any atom is -0.495 e. The topological polar surface area (TPSA) is 148 Å². The van der Waals surface area contributed by atoms with Crippen molar-refractivity contribution in [1.29, 1.82) is 0 Å². The minimum absolute atomic E-state index is 0.105. The third-order valence-corrected chi connectivity index (χ3v) is 7.76. The highest BCUT2D eigenvalue weighted by Gasteiger charge is 2.43. The summed E-state index contributed by atoms with van der Waals surface area (Å²) in [7, 11) is -6.58. The van der Waals surface area contributed by atoms with Gasteiger partial charge in [0.25, 0.3) is 9.70 Å². The summed E-state index contributed by atoms with van der Waals surface area (Å²) in [6.45, 7) is 1.24. The number of methoxy groups -OCH3 is 1. The summed E-state index contributed by atoms with van der Waals surface area (Å²) in [5.41, 5.74) is 0.105. The van der Waals surface area contributed by atoms with Gasteiger partial charge in [0.05, 0.1) is 41.3 Å². The van der Waals surface area contributed by atoms with Crippen molar-refractivity contribution in [3.63, 3.8) is 0 Å². The minimum atomic E-state index is -4.25. The van der Waals surface area contributed by atoms with Crippen LogP contribution in [0.4, 0.5) is 5.69 Å². The second-order valence-corrected chi connectivity index (χ2v) is 12.6. The molecule has 1 aromatic rings. The number of amides is 2. The molecule has 0 bridgehead atoms. The lowest BCUT2D eigenvalue weighted by atomic mass is 10.2. The first-order valence-electron chi connectivity index (χ1n) is 8.21. The molecule has 1 aliphatic heterocycles. The first-order valence-corrected chi connectivity index (χ1v) is 12.6. The van der Waals surface area contributed by atoms with Gasteiger partial charge in [-0.2, -0.15) is 0 Å². The maximum Gasteiger partial charge on any atom is 0.272 e. The molecule has 2 rings (SSSR count). The molecule has 0 saturated carbocycles. The number of rotatable bonds is 6. The summed E-state index contributed by atoms with van der Waals surface area (Å²) in [6, 6.07) is 1.34. The fourth-order valence-corrected chi connectivity index (χ4v) is 6.20. The highest BCUT2D eigenvalue weighted by molar-refractivity contribution is 7.92. The Labute approximate surface area is 188 Å². The quantitative estimate of drug-likeness (QED) is 0.463. The fourth-order valence-electron chi connectivity index (χ4n) is 2.77. The van der Waals surface area contributed by atoms with E-state index in [1.165, 1.54) is 26.2 Å². The molecular formula is C15H18Cl3N3O7S2. The van der Waals surface area contributed by atoms with Crippen molar-refractivity contribution in [3.05, 3.63) is 18.2 Å². The number of sulfone groups is 1. The van der Waals surface area contributed by atoms with E-state index in [0.29, 0.717) is 0 Å². The molecular weight excluding hydrogens is 505 g/mol. The first-order chi connectivity index (χ1) is 13.6. The van der Waals surface area contributed by atoms with Gasteiger partial charge in [-0.3, -0.25) is 9.59 Å². The second-order valence-electron chi connectivity index (χ2n) is 6.43. The SMILES string of the molecule is COc1ccc(S(=O)(=O)N[C@H]2CS(=O)(=O)C[C@H]2NC(=O)C(Cl)(Cl)Cl)cc1NC(C)=O. The van der Waals surface area contributed by atoms with E-state index >= 15 is 0 Å². The van der Waals surface area contributed by atoms with Crippen molar-refractivity contribution in [2.45, 2.75) is 27.7 Å². The van der Waals surface area contributed by atoms with E-state index in [0.717, 1.165) is 6.07 Å². The van der Waals surface area contributed by atoms with Crippen LogP contribution < -0.4 is 20.1 Å². The summed E-state index contributed by atoms with van der Waals surface area (Å²) in [6.07, 6.45) is 0. The largest absolute Gasteiger partial charge is 0.495 e. The Morgan fingerprint density at radius 3 is 2.30 bits per heavy atom. The number of halogens is 3. The number of hydrogen-bond acceptors (Lipinski definition) is 7. The number of anilines is 1. The van der Waals surface area contributed by atoms with Crippen LogP contribution in [0.1, 0.15) is 6.92 Å². The third kappa shape index (κ3) is 6.34. The number of carbonyl (C=O) groups is 2. The molecule has 1 fully saturated rings. The van der Waals surface area contributed by atoms with E-state index in [1.807, 2.05) is 0 Å². The Bertz CT molecular complexity index is 1060. The van der Waals surface area contributed by atoms with Gasteiger partial charge in [-0.25, -0.2) is 21.6 Å². The lowest BCUT2D eigenvalue weighted by Gasteiger charge is -2.22. The molecule has 168 valence electrons. The molecule has 0 spiro atoms. The summed E-state index contributed by atoms with van der Waals surface area (Å²) >= 11 is 16.4. The number of nitrogens with one attached hydrogen (secondary N) is 3. The molecule has 1 saturated heterocycles. The van der Waals surface area contributed by atoms with E-state index in [-0.39, 0.29) is 16.3 Å². The van der Waals surface area contributed by atoms with Crippen LogP contribution in [0, 0.1) is 0 Å². The standard InChI is InChI=1S/C15H18Cl3N3O7S2/c1-8(22)19-10-5-9(3-4-13(10)28-2)30(26,27)21-12-7-29(24,25)6-11(12)20-14(23)15(16,17)18/h3-5,11-12,21H,6-7H2,1-2H3,(H,19,22)(H,20,23)/t11-,12+/m1/s1. The number of ether oxygens (including phenoxy) is 1. The number of alkyl halides is 3. The number of carbonyl (C=O) groups excluding carboxylic acids is 2.